The van der Waals surface area contributed by atoms with Crippen molar-refractivity contribution < 1.29 is 28.5 Å². The summed E-state index contributed by atoms with van der Waals surface area (Å²) in [4.78, 5) is 11.3. The molecule has 0 N–H and O–H groups in total. The first-order valence-electron chi connectivity index (χ1n) is 8.11. The molecule has 26 heavy (non-hydrogen) atoms. The Hall–Kier alpha value is -2.89. The van der Waals surface area contributed by atoms with Gasteiger partial charge in [-0.2, -0.15) is 0 Å². The van der Waals surface area contributed by atoms with Crippen LogP contribution in [-0.4, -0.2) is 34.4 Å². The number of carbonyl (C=O) groups is 1. The number of ether oxygens (including phenoxy) is 5. The van der Waals surface area contributed by atoms with Gasteiger partial charge in [-0.15, -0.1) is 0 Å². The van der Waals surface area contributed by atoms with E-state index in [-0.39, 0.29) is 5.92 Å². The van der Waals surface area contributed by atoms with Crippen LogP contribution < -0.4 is 23.7 Å². The van der Waals surface area contributed by atoms with Crippen LogP contribution in [0.3, 0.4) is 0 Å². The normalized spacial score (nSPS) is 11.5. The van der Waals surface area contributed by atoms with E-state index in [0.717, 1.165) is 11.1 Å². The van der Waals surface area contributed by atoms with Gasteiger partial charge in [0, 0.05) is 12.8 Å². The van der Waals surface area contributed by atoms with Crippen LogP contribution in [0.5, 0.6) is 28.7 Å². The van der Waals surface area contributed by atoms with E-state index in [4.69, 9.17) is 23.7 Å². The van der Waals surface area contributed by atoms with Crippen molar-refractivity contribution in [3.63, 3.8) is 0 Å². The molecule has 0 spiro atoms. The van der Waals surface area contributed by atoms with Gasteiger partial charge in [0.1, 0.15) is 0 Å². The SMILES string of the molecule is COc1ccc(C(C)c2cc(OC)c(OC)c(OC)c2)cc1OC(C)=O. The lowest BCUT2D eigenvalue weighted by Gasteiger charge is -2.19. The highest BCUT2D eigenvalue weighted by Gasteiger charge is 2.19. The Morgan fingerprint density at radius 3 is 1.77 bits per heavy atom. The van der Waals surface area contributed by atoms with Crippen molar-refractivity contribution in [2.45, 2.75) is 19.8 Å². The van der Waals surface area contributed by atoms with Crippen molar-refractivity contribution in [3.8, 4) is 28.7 Å². The zero-order chi connectivity index (χ0) is 19.3. The summed E-state index contributed by atoms with van der Waals surface area (Å²) >= 11 is 0. The van der Waals surface area contributed by atoms with Crippen molar-refractivity contribution in [1.82, 2.24) is 0 Å². The summed E-state index contributed by atoms with van der Waals surface area (Å²) < 4.78 is 26.7. The van der Waals surface area contributed by atoms with Gasteiger partial charge >= 0.3 is 5.97 Å². The molecule has 2 aromatic rings. The van der Waals surface area contributed by atoms with Gasteiger partial charge in [0.2, 0.25) is 5.75 Å². The van der Waals surface area contributed by atoms with E-state index in [1.165, 1.54) is 14.0 Å². The van der Waals surface area contributed by atoms with E-state index in [1.807, 2.05) is 25.1 Å². The summed E-state index contributed by atoms with van der Waals surface area (Å²) in [6, 6.07) is 9.32. The van der Waals surface area contributed by atoms with Gasteiger partial charge in [-0.3, -0.25) is 4.79 Å². The number of hydrogen-bond acceptors (Lipinski definition) is 6. The third-order valence-electron chi connectivity index (χ3n) is 4.13. The number of esters is 1. The molecular weight excluding hydrogens is 336 g/mol. The third-order valence-corrected chi connectivity index (χ3v) is 4.13. The van der Waals surface area contributed by atoms with Gasteiger partial charge in [0.25, 0.3) is 0 Å². The standard InChI is InChI=1S/C20H24O6/c1-12(14-7-8-16(22-3)17(9-14)26-13(2)21)15-10-18(23-4)20(25-6)19(11-15)24-5/h7-12H,1-6H3. The smallest absolute Gasteiger partial charge is 0.308 e. The Morgan fingerprint density at radius 2 is 1.31 bits per heavy atom. The second-order valence-electron chi connectivity index (χ2n) is 5.68. The molecule has 1 atom stereocenters. The minimum Gasteiger partial charge on any atom is -0.493 e. The molecule has 0 saturated heterocycles. The van der Waals surface area contributed by atoms with Crippen LogP contribution in [-0.2, 0) is 4.79 Å². The molecule has 0 heterocycles. The molecule has 0 bridgehead atoms. The molecule has 0 aliphatic carbocycles. The first-order chi connectivity index (χ1) is 12.4. The molecule has 0 aromatic heterocycles. The lowest BCUT2D eigenvalue weighted by Crippen LogP contribution is -2.05. The molecule has 6 heteroatoms. The molecule has 1 unspecified atom stereocenters. The Labute approximate surface area is 153 Å². The van der Waals surface area contributed by atoms with Crippen LogP contribution in [0, 0.1) is 0 Å². The molecule has 0 aliphatic rings. The molecule has 2 aromatic carbocycles. The zero-order valence-electron chi connectivity index (χ0n) is 15.9. The van der Waals surface area contributed by atoms with Gasteiger partial charge in [0.15, 0.2) is 23.0 Å². The molecule has 0 aliphatic heterocycles. The average molecular weight is 360 g/mol. The van der Waals surface area contributed by atoms with Crippen LogP contribution in [0.25, 0.3) is 0 Å². The van der Waals surface area contributed by atoms with E-state index >= 15 is 0 Å². The lowest BCUT2D eigenvalue weighted by molar-refractivity contribution is -0.132. The maximum atomic E-state index is 11.3. The topological polar surface area (TPSA) is 63.2 Å². The Bertz CT molecular complexity index is 759. The number of hydrogen-bond donors (Lipinski definition) is 0. The summed E-state index contributed by atoms with van der Waals surface area (Å²) in [5, 5.41) is 0. The number of rotatable bonds is 7. The molecule has 0 amide bonds. The predicted octanol–water partition coefficient (Wildman–Crippen LogP) is 3.80. The molecule has 0 fully saturated rings. The fourth-order valence-corrected chi connectivity index (χ4v) is 2.74. The lowest BCUT2D eigenvalue weighted by atomic mass is 9.92. The Morgan fingerprint density at radius 1 is 0.769 bits per heavy atom. The van der Waals surface area contributed by atoms with Gasteiger partial charge in [0.05, 0.1) is 28.4 Å². The van der Waals surface area contributed by atoms with E-state index < -0.39 is 5.97 Å². The number of carbonyl (C=O) groups excluding carboxylic acids is 1. The van der Waals surface area contributed by atoms with Gasteiger partial charge in [-0.25, -0.2) is 0 Å². The molecule has 2 rings (SSSR count). The maximum absolute atomic E-state index is 11.3. The molecule has 6 nitrogen and oxygen atoms in total. The van der Waals surface area contributed by atoms with Gasteiger partial charge in [-0.1, -0.05) is 13.0 Å². The number of benzene rings is 2. The van der Waals surface area contributed by atoms with Crippen molar-refractivity contribution in [3.05, 3.63) is 41.5 Å². The van der Waals surface area contributed by atoms with E-state index in [9.17, 15) is 4.79 Å². The van der Waals surface area contributed by atoms with Crippen LogP contribution in [0.1, 0.15) is 30.9 Å². The van der Waals surface area contributed by atoms with Gasteiger partial charge in [-0.05, 0) is 35.4 Å². The highest BCUT2D eigenvalue weighted by molar-refractivity contribution is 5.70. The quantitative estimate of drug-likeness (QED) is 0.553. The second-order valence-corrected chi connectivity index (χ2v) is 5.68. The minimum atomic E-state index is -0.402. The summed E-state index contributed by atoms with van der Waals surface area (Å²) in [5.41, 5.74) is 1.93. The van der Waals surface area contributed by atoms with Crippen molar-refractivity contribution in [1.29, 1.82) is 0 Å². The fourth-order valence-electron chi connectivity index (χ4n) is 2.74. The van der Waals surface area contributed by atoms with Crippen LogP contribution >= 0.6 is 0 Å². The second kappa shape index (κ2) is 8.47. The average Bonchev–Trinajstić information content (AvgIpc) is 2.65. The fraction of sp³-hybridized carbons (Fsp3) is 0.350. The maximum Gasteiger partial charge on any atom is 0.308 e. The van der Waals surface area contributed by atoms with Gasteiger partial charge < -0.3 is 23.7 Å². The Balaban J connectivity index is 2.48. The Kier molecular flexibility index (Phi) is 6.33. The highest BCUT2D eigenvalue weighted by Crippen LogP contribution is 2.42. The molecular formula is C20H24O6. The first kappa shape index (κ1) is 19.4. The monoisotopic (exact) mass is 360 g/mol. The summed E-state index contributed by atoms with van der Waals surface area (Å²) in [7, 11) is 6.26. The first-order valence-corrected chi connectivity index (χ1v) is 8.11. The minimum absolute atomic E-state index is 0.0103. The highest BCUT2D eigenvalue weighted by atomic mass is 16.6. The van der Waals surface area contributed by atoms with E-state index in [1.54, 1.807) is 33.5 Å². The van der Waals surface area contributed by atoms with Crippen LogP contribution in [0.2, 0.25) is 0 Å². The predicted molar refractivity (Wildman–Crippen MR) is 97.9 cm³/mol. The molecule has 0 saturated carbocycles. The summed E-state index contributed by atoms with van der Waals surface area (Å²) in [6.45, 7) is 3.40. The third kappa shape index (κ3) is 4.02. The summed E-state index contributed by atoms with van der Waals surface area (Å²) in [6.07, 6.45) is 0. The van der Waals surface area contributed by atoms with Crippen LogP contribution in [0.15, 0.2) is 30.3 Å². The summed E-state index contributed by atoms with van der Waals surface area (Å²) in [5.74, 6) is 2.19. The van der Waals surface area contributed by atoms with Crippen LogP contribution in [0.4, 0.5) is 0 Å². The van der Waals surface area contributed by atoms with Crippen molar-refractivity contribution >= 4 is 5.97 Å². The van der Waals surface area contributed by atoms with Crippen molar-refractivity contribution in [2.24, 2.45) is 0 Å². The van der Waals surface area contributed by atoms with E-state index in [2.05, 4.69) is 0 Å². The molecule has 140 valence electrons. The molecule has 0 radical (unpaired) electrons. The largest absolute Gasteiger partial charge is 0.493 e. The van der Waals surface area contributed by atoms with Crippen molar-refractivity contribution in [2.75, 3.05) is 28.4 Å². The zero-order valence-corrected chi connectivity index (χ0v) is 15.9. The number of methoxy groups -OCH3 is 4. The van der Waals surface area contributed by atoms with E-state index in [0.29, 0.717) is 28.7 Å².